The molecule has 0 aromatic heterocycles. The number of halogens is 1. The fraction of sp³-hybridized carbons (Fsp3) is 0.500. The summed E-state index contributed by atoms with van der Waals surface area (Å²) in [5.41, 5.74) is 0.363. The van der Waals surface area contributed by atoms with E-state index in [0.29, 0.717) is 24.4 Å². The van der Waals surface area contributed by atoms with Crippen LogP contribution in [0.25, 0.3) is 0 Å². The van der Waals surface area contributed by atoms with E-state index in [1.165, 1.54) is 24.6 Å². The number of rotatable bonds is 4. The first-order valence-corrected chi connectivity index (χ1v) is 7.89. The predicted octanol–water partition coefficient (Wildman–Crippen LogP) is 2.42. The number of hydrogen-bond acceptors (Lipinski definition) is 3. The Morgan fingerprint density at radius 2 is 2.23 bits per heavy atom. The van der Waals surface area contributed by atoms with Gasteiger partial charge in [0.05, 0.1) is 5.02 Å². The molecule has 1 aliphatic heterocycles. The molecule has 0 spiro atoms. The zero-order valence-corrected chi connectivity index (χ0v) is 13.4. The third kappa shape index (κ3) is 4.37. The summed E-state index contributed by atoms with van der Waals surface area (Å²) in [6, 6.07) is 4.27. The van der Waals surface area contributed by atoms with Gasteiger partial charge >= 0.3 is 0 Å². The second kappa shape index (κ2) is 7.49. The highest BCUT2D eigenvalue weighted by Crippen LogP contribution is 2.23. The lowest BCUT2D eigenvalue weighted by atomic mass is 10.00. The van der Waals surface area contributed by atoms with Crippen LogP contribution in [-0.2, 0) is 4.79 Å². The van der Waals surface area contributed by atoms with E-state index in [-0.39, 0.29) is 22.6 Å². The Labute approximate surface area is 135 Å². The molecule has 2 amide bonds. The van der Waals surface area contributed by atoms with Crippen LogP contribution < -0.4 is 5.32 Å². The van der Waals surface area contributed by atoms with E-state index in [1.54, 1.807) is 0 Å². The lowest BCUT2D eigenvalue weighted by Crippen LogP contribution is -2.40. The van der Waals surface area contributed by atoms with Gasteiger partial charge in [0, 0.05) is 31.6 Å². The van der Waals surface area contributed by atoms with Gasteiger partial charge in [-0.25, -0.2) is 0 Å². The van der Waals surface area contributed by atoms with Crippen LogP contribution in [0, 0.1) is 5.92 Å². The standard InChI is InChI=1S/C16H21ClN2O3/c1-11-3-2-8-19(10-11)15(21)6-7-18-16(22)12-4-5-14(20)13(17)9-12/h4-5,9,11,20H,2-3,6-8,10H2,1H3,(H,18,22)/t11-/m0/s1. The first-order chi connectivity index (χ1) is 10.5. The Morgan fingerprint density at radius 3 is 2.91 bits per heavy atom. The molecule has 1 aliphatic rings. The summed E-state index contributed by atoms with van der Waals surface area (Å²) in [4.78, 5) is 25.9. The van der Waals surface area contributed by atoms with Crippen LogP contribution in [-0.4, -0.2) is 41.5 Å². The smallest absolute Gasteiger partial charge is 0.251 e. The number of benzene rings is 1. The van der Waals surface area contributed by atoms with Crippen molar-refractivity contribution in [3.05, 3.63) is 28.8 Å². The minimum Gasteiger partial charge on any atom is -0.506 e. The quantitative estimate of drug-likeness (QED) is 0.893. The Balaban J connectivity index is 1.79. The largest absolute Gasteiger partial charge is 0.506 e. The van der Waals surface area contributed by atoms with Crippen LogP contribution in [0.15, 0.2) is 18.2 Å². The van der Waals surface area contributed by atoms with Crippen LogP contribution in [0.2, 0.25) is 5.02 Å². The highest BCUT2D eigenvalue weighted by atomic mass is 35.5. The molecule has 1 aromatic rings. The van der Waals surface area contributed by atoms with Crippen molar-refractivity contribution in [2.75, 3.05) is 19.6 Å². The molecule has 1 aromatic carbocycles. The van der Waals surface area contributed by atoms with Crippen molar-refractivity contribution in [3.8, 4) is 5.75 Å². The molecule has 1 atom stereocenters. The van der Waals surface area contributed by atoms with Crippen molar-refractivity contribution in [2.24, 2.45) is 5.92 Å². The van der Waals surface area contributed by atoms with Crippen LogP contribution >= 0.6 is 11.6 Å². The number of aromatic hydroxyl groups is 1. The number of phenols is 1. The van der Waals surface area contributed by atoms with Crippen molar-refractivity contribution >= 4 is 23.4 Å². The van der Waals surface area contributed by atoms with Crippen molar-refractivity contribution in [2.45, 2.75) is 26.2 Å². The van der Waals surface area contributed by atoms with Gasteiger partial charge in [-0.2, -0.15) is 0 Å². The number of carbonyl (C=O) groups excluding carboxylic acids is 2. The molecule has 2 N–H and O–H groups in total. The molecule has 5 nitrogen and oxygen atoms in total. The predicted molar refractivity (Wildman–Crippen MR) is 85.0 cm³/mol. The second-order valence-corrected chi connectivity index (χ2v) is 6.17. The maximum Gasteiger partial charge on any atom is 0.251 e. The molecule has 0 saturated carbocycles. The normalized spacial score (nSPS) is 18.1. The van der Waals surface area contributed by atoms with Crippen LogP contribution in [0.3, 0.4) is 0 Å². The number of nitrogens with zero attached hydrogens (tertiary/aromatic N) is 1. The van der Waals surface area contributed by atoms with Gasteiger partial charge in [0.1, 0.15) is 5.75 Å². The van der Waals surface area contributed by atoms with Crippen molar-refractivity contribution in [1.29, 1.82) is 0 Å². The van der Waals surface area contributed by atoms with Crippen LogP contribution in [0.4, 0.5) is 0 Å². The number of nitrogens with one attached hydrogen (secondary N) is 1. The molecule has 120 valence electrons. The molecule has 0 unspecified atom stereocenters. The average Bonchev–Trinajstić information content (AvgIpc) is 2.49. The van der Waals surface area contributed by atoms with Gasteiger partial charge in [-0.05, 0) is 37.0 Å². The molecule has 1 fully saturated rings. The highest BCUT2D eigenvalue weighted by molar-refractivity contribution is 6.32. The summed E-state index contributed by atoms with van der Waals surface area (Å²) >= 11 is 5.77. The second-order valence-electron chi connectivity index (χ2n) is 5.76. The summed E-state index contributed by atoms with van der Waals surface area (Å²) in [7, 11) is 0. The Morgan fingerprint density at radius 1 is 1.45 bits per heavy atom. The molecule has 22 heavy (non-hydrogen) atoms. The fourth-order valence-electron chi connectivity index (χ4n) is 2.61. The molecular weight excluding hydrogens is 304 g/mol. The highest BCUT2D eigenvalue weighted by Gasteiger charge is 2.20. The van der Waals surface area contributed by atoms with Crippen LogP contribution in [0.5, 0.6) is 5.75 Å². The first-order valence-electron chi connectivity index (χ1n) is 7.52. The fourth-order valence-corrected chi connectivity index (χ4v) is 2.79. The molecular formula is C16H21ClN2O3. The van der Waals surface area contributed by atoms with Crippen molar-refractivity contribution in [3.63, 3.8) is 0 Å². The van der Waals surface area contributed by atoms with Gasteiger partial charge in [-0.1, -0.05) is 18.5 Å². The summed E-state index contributed by atoms with van der Waals surface area (Å²) in [5, 5.41) is 12.2. The van der Waals surface area contributed by atoms with Gasteiger partial charge in [-0.15, -0.1) is 0 Å². The van der Waals surface area contributed by atoms with Gasteiger partial charge in [0.15, 0.2) is 0 Å². The number of piperidine rings is 1. The zero-order valence-electron chi connectivity index (χ0n) is 12.6. The monoisotopic (exact) mass is 324 g/mol. The van der Waals surface area contributed by atoms with Gasteiger partial charge < -0.3 is 15.3 Å². The Bertz CT molecular complexity index is 562. The van der Waals surface area contributed by atoms with Gasteiger partial charge in [0.2, 0.25) is 5.91 Å². The molecule has 2 rings (SSSR count). The summed E-state index contributed by atoms with van der Waals surface area (Å²) in [6.45, 7) is 4.06. The molecule has 0 aliphatic carbocycles. The summed E-state index contributed by atoms with van der Waals surface area (Å²) < 4.78 is 0. The molecule has 1 saturated heterocycles. The molecule has 0 radical (unpaired) electrons. The van der Waals surface area contributed by atoms with Gasteiger partial charge in [0.25, 0.3) is 5.91 Å². The number of carbonyl (C=O) groups is 2. The lowest BCUT2D eigenvalue weighted by Gasteiger charge is -2.31. The number of amides is 2. The number of hydrogen-bond donors (Lipinski definition) is 2. The van der Waals surface area contributed by atoms with E-state index in [0.717, 1.165) is 19.5 Å². The lowest BCUT2D eigenvalue weighted by molar-refractivity contribution is -0.132. The minimum absolute atomic E-state index is 0.0624. The van der Waals surface area contributed by atoms with Gasteiger partial charge in [-0.3, -0.25) is 9.59 Å². The third-order valence-electron chi connectivity index (χ3n) is 3.84. The molecule has 0 bridgehead atoms. The Hall–Kier alpha value is -1.75. The van der Waals surface area contributed by atoms with E-state index < -0.39 is 0 Å². The molecule has 1 heterocycles. The van der Waals surface area contributed by atoms with E-state index in [1.807, 2.05) is 4.90 Å². The minimum atomic E-state index is -0.304. The van der Waals surface area contributed by atoms with Crippen LogP contribution in [0.1, 0.15) is 36.5 Å². The maximum atomic E-state index is 12.1. The molecule has 6 heteroatoms. The van der Waals surface area contributed by atoms with E-state index in [9.17, 15) is 14.7 Å². The van der Waals surface area contributed by atoms with E-state index in [2.05, 4.69) is 12.2 Å². The first kappa shape index (κ1) is 16.6. The zero-order chi connectivity index (χ0) is 16.1. The van der Waals surface area contributed by atoms with E-state index in [4.69, 9.17) is 11.6 Å². The van der Waals surface area contributed by atoms with Crippen molar-refractivity contribution < 1.29 is 14.7 Å². The SMILES string of the molecule is C[C@H]1CCCN(C(=O)CCNC(=O)c2ccc(O)c(Cl)c2)C1. The topological polar surface area (TPSA) is 69.6 Å². The van der Waals surface area contributed by atoms with E-state index >= 15 is 0 Å². The number of likely N-dealkylation sites (tertiary alicyclic amines) is 1. The Kier molecular flexibility index (Phi) is 5.66. The van der Waals surface area contributed by atoms with Crippen molar-refractivity contribution in [1.82, 2.24) is 10.2 Å². The number of phenolic OH excluding ortho intramolecular Hbond substituents is 1. The summed E-state index contributed by atoms with van der Waals surface area (Å²) in [5.74, 6) is 0.261. The maximum absolute atomic E-state index is 12.1. The average molecular weight is 325 g/mol. The summed E-state index contributed by atoms with van der Waals surface area (Å²) in [6.07, 6.45) is 2.51. The third-order valence-corrected chi connectivity index (χ3v) is 4.15.